The molecule has 14 N–H and O–H groups in total. The zero-order chi connectivity index (χ0) is 53.8. The Hall–Kier alpha value is -6.50. The van der Waals surface area contributed by atoms with Crippen LogP contribution in [-0.2, 0) is 39.5 Å². The van der Waals surface area contributed by atoms with Crippen molar-refractivity contribution in [1.82, 2.24) is 44.0 Å². The Morgan fingerprint density at radius 1 is 0.680 bits per heavy atom. The summed E-state index contributed by atoms with van der Waals surface area (Å²) in [6, 6.07) is 27.7. The van der Waals surface area contributed by atoms with Crippen LogP contribution in [0.2, 0.25) is 0 Å². The number of H-pyrrole nitrogens is 2. The van der Waals surface area contributed by atoms with E-state index in [1.165, 1.54) is 27.4 Å². The van der Waals surface area contributed by atoms with Crippen molar-refractivity contribution in [1.29, 1.82) is 0 Å². The lowest BCUT2D eigenvalue weighted by Crippen LogP contribution is -2.46. The Bertz CT molecular complexity index is 3460. The molecule has 0 amide bonds. The van der Waals surface area contributed by atoms with E-state index < -0.39 is 89.1 Å². The number of aromatic amines is 2. The number of hydrogen-bond donors (Lipinski definition) is 12. The third-order valence-corrected chi connectivity index (χ3v) is 13.1. The number of alkyl halides is 1. The van der Waals surface area contributed by atoms with Gasteiger partial charge in [-0.25, -0.2) is 18.7 Å². The maximum absolute atomic E-state index is 12.8. The van der Waals surface area contributed by atoms with Gasteiger partial charge in [0.25, 0.3) is 17.1 Å². The van der Waals surface area contributed by atoms with Gasteiger partial charge >= 0.3 is 21.3 Å². The first-order valence-electron chi connectivity index (χ1n) is 22.2. The fourth-order valence-electron chi connectivity index (χ4n) is 7.92. The molecule has 31 heteroatoms. The van der Waals surface area contributed by atoms with Crippen molar-refractivity contribution in [2.75, 3.05) is 24.7 Å². The Kier molecular flexibility index (Phi) is 16.9. The highest BCUT2D eigenvalue weighted by molar-refractivity contribution is 9.08. The van der Waals surface area contributed by atoms with Gasteiger partial charge in [0.2, 0.25) is 17.7 Å². The van der Waals surface area contributed by atoms with Gasteiger partial charge in [0.05, 0.1) is 37.5 Å². The molecule has 0 saturated carbocycles. The van der Waals surface area contributed by atoms with Crippen molar-refractivity contribution < 1.29 is 72.2 Å². The molecule has 0 spiro atoms. The molecule has 0 radical (unpaired) electrons. The minimum absolute atomic E-state index is 0.0176. The lowest BCUT2D eigenvalue weighted by atomic mass is 10.1. The number of nitrogens with two attached hydrogens (primary N) is 2. The third-order valence-electron chi connectivity index (χ3n) is 11.5. The molecule has 8 heterocycles. The summed E-state index contributed by atoms with van der Waals surface area (Å²) in [5.74, 6) is -0.351. The standard InChI is InChI=1S/C22H23N6O8P.C12H10BrN.C10H14N5O8P/c23-22-25-19-16(20(31)26-22)27(9-12-6-7-14(24-8-12)13-4-2-1-3-5-13)11-28(19)21-18(30)17(29)15(36-21)10-35-37(32,33)34;13-8-10-6-7-12(14-9-10)11-4-2-1-3-5-11;11-10-13-7-4(8(18)14-10)12-2-15(7)9-6(17)5(16)3(23-9)1-22-24(19,20)21/h1-8,11,15,17-18,21,29-30H,9-10H2,(H4-,23,25,26,31,32,33,34);1-7,9H,8H2;2-3,5-6,9,16-17H,1H2,(H2,19,20,21)(H3,11,13,14,18)/p+1/t15-,17-,18-,21-;;3-,5-,6-,9-/m1.1/s1. The lowest BCUT2D eigenvalue weighted by molar-refractivity contribution is -0.745. The number of aliphatic hydroxyl groups excluding tert-OH is 4. The van der Waals surface area contributed by atoms with E-state index in [1.807, 2.05) is 72.9 Å². The number of anilines is 2. The number of phosphoric ester groups is 2. The first-order valence-corrected chi connectivity index (χ1v) is 26.4. The molecule has 6 aromatic heterocycles. The molecular formula is C44H48BrN12O16P2+. The van der Waals surface area contributed by atoms with E-state index in [-0.39, 0.29) is 40.8 Å². The summed E-state index contributed by atoms with van der Waals surface area (Å²) < 4.78 is 45.6. The van der Waals surface area contributed by atoms with Crippen LogP contribution in [-0.4, -0.2) is 134 Å². The summed E-state index contributed by atoms with van der Waals surface area (Å²) in [6.07, 6.45) is -4.73. The molecule has 8 atom stereocenters. The van der Waals surface area contributed by atoms with Gasteiger partial charge < -0.3 is 60.9 Å². The Labute approximate surface area is 430 Å². The fourth-order valence-corrected chi connectivity index (χ4v) is 8.93. The average molecular weight is 1140 g/mol. The topological polar surface area (TPSA) is 429 Å². The second-order valence-corrected chi connectivity index (χ2v) is 19.7. The number of halogens is 1. The molecule has 2 aromatic carbocycles. The van der Waals surface area contributed by atoms with Crippen LogP contribution in [0.5, 0.6) is 0 Å². The van der Waals surface area contributed by atoms with Gasteiger partial charge in [0.15, 0.2) is 23.7 Å². The van der Waals surface area contributed by atoms with E-state index in [2.05, 4.69) is 78.1 Å². The van der Waals surface area contributed by atoms with Crippen LogP contribution >= 0.6 is 31.6 Å². The Balaban J connectivity index is 0.000000167. The van der Waals surface area contributed by atoms with Gasteiger partial charge in [-0.3, -0.25) is 47.7 Å². The van der Waals surface area contributed by atoms with E-state index in [1.54, 1.807) is 10.8 Å². The first-order chi connectivity index (χ1) is 35.7. The highest BCUT2D eigenvalue weighted by Crippen LogP contribution is 2.40. The number of hydrogen-bond acceptors (Lipinski definition) is 19. The molecule has 2 aliphatic rings. The third kappa shape index (κ3) is 13.1. The predicted octanol–water partition coefficient (Wildman–Crippen LogP) is 0.507. The van der Waals surface area contributed by atoms with E-state index in [9.17, 15) is 39.1 Å². The number of aliphatic hydroxyl groups is 4. The molecule has 2 fully saturated rings. The summed E-state index contributed by atoms with van der Waals surface area (Å²) >= 11 is 3.40. The molecule has 0 unspecified atom stereocenters. The number of phosphoric acid groups is 2. The van der Waals surface area contributed by atoms with Gasteiger partial charge in [-0.15, -0.1) is 0 Å². The average Bonchev–Trinajstić information content (AvgIpc) is 4.13. The van der Waals surface area contributed by atoms with Crippen molar-refractivity contribution in [2.45, 2.75) is 61.0 Å². The smallest absolute Gasteiger partial charge is 0.387 e. The molecule has 0 bridgehead atoms. The van der Waals surface area contributed by atoms with Crippen molar-refractivity contribution in [3.8, 4) is 22.5 Å². The summed E-state index contributed by atoms with van der Waals surface area (Å²) in [5.41, 5.74) is 16.1. The number of nitrogens with zero attached hydrogens (tertiary/aromatic N) is 8. The number of rotatable bonds is 13. The molecule has 2 saturated heterocycles. The minimum atomic E-state index is -4.83. The predicted molar refractivity (Wildman–Crippen MR) is 266 cm³/mol. The van der Waals surface area contributed by atoms with Crippen LogP contribution in [0.25, 0.3) is 44.8 Å². The molecule has 396 valence electrons. The number of fused-ring (bicyclic) bond motifs is 2. The zero-order valence-corrected chi connectivity index (χ0v) is 42.1. The maximum Gasteiger partial charge on any atom is 0.469 e. The normalized spacial score (nSPS) is 21.7. The lowest BCUT2D eigenvalue weighted by Gasteiger charge is -2.16. The van der Waals surface area contributed by atoms with Crippen LogP contribution in [0.4, 0.5) is 11.9 Å². The number of aromatic nitrogens is 10. The van der Waals surface area contributed by atoms with Crippen molar-refractivity contribution in [2.24, 2.45) is 0 Å². The number of benzene rings is 2. The first kappa shape index (κ1) is 54.8. The molecular weight excluding hydrogens is 1090 g/mol. The number of nitrogens with one attached hydrogen (secondary N) is 2. The summed E-state index contributed by atoms with van der Waals surface area (Å²) in [6.45, 7) is -1.12. The van der Waals surface area contributed by atoms with E-state index in [4.69, 9.17) is 40.5 Å². The second kappa shape index (κ2) is 23.2. The van der Waals surface area contributed by atoms with Crippen LogP contribution in [0, 0.1) is 0 Å². The molecule has 8 aromatic rings. The molecule has 28 nitrogen and oxygen atoms in total. The van der Waals surface area contributed by atoms with E-state index in [0.29, 0.717) is 0 Å². The highest BCUT2D eigenvalue weighted by atomic mass is 79.9. The van der Waals surface area contributed by atoms with Crippen LogP contribution in [0.3, 0.4) is 0 Å². The Morgan fingerprint density at radius 2 is 1.21 bits per heavy atom. The van der Waals surface area contributed by atoms with Crippen molar-refractivity contribution >= 4 is 65.8 Å². The number of pyridine rings is 2. The van der Waals surface area contributed by atoms with Gasteiger partial charge in [-0.1, -0.05) is 93.7 Å². The van der Waals surface area contributed by atoms with Crippen LogP contribution in [0.15, 0.2) is 120 Å². The number of ether oxygens (including phenoxy) is 2. The van der Waals surface area contributed by atoms with Crippen molar-refractivity contribution in [3.05, 3.63) is 142 Å². The van der Waals surface area contributed by atoms with E-state index >= 15 is 0 Å². The maximum atomic E-state index is 12.8. The zero-order valence-electron chi connectivity index (χ0n) is 38.7. The number of nitrogen functional groups attached to an aromatic ring is 2. The Morgan fingerprint density at radius 3 is 1.76 bits per heavy atom. The SMILES string of the molecule is BrCc1ccc(-c2ccccc2)nc1.Nc1nc2c(c(=O)[nH]1)n(Cc1ccc(-c3ccccc3)nc1)c[n+]2[C@@H]1O[C@H](COP(=O)(O)O)[C@@H](O)[C@H]1O.Nc1nc2c(ncn2[C@@H]2O[C@H](COP(=O)(O)O)[C@@H](O)[C@H]2O)c(=O)[nH]1. The molecule has 75 heavy (non-hydrogen) atoms. The summed E-state index contributed by atoms with van der Waals surface area (Å²) in [4.78, 5) is 85.4. The molecule has 2 aliphatic heterocycles. The van der Waals surface area contributed by atoms with Gasteiger partial charge in [-0.05, 0) is 17.7 Å². The summed E-state index contributed by atoms with van der Waals surface area (Å²) in [5, 5.41) is 41.9. The number of imidazole rings is 2. The monoisotopic (exact) mass is 1140 g/mol. The quantitative estimate of drug-likeness (QED) is 0.0425. The van der Waals surface area contributed by atoms with E-state index in [0.717, 1.165) is 33.4 Å². The largest absolute Gasteiger partial charge is 0.469 e. The fraction of sp³-hybridized carbons (Fsp3) is 0.273. The van der Waals surface area contributed by atoms with Crippen LogP contribution in [0.1, 0.15) is 23.6 Å². The molecule has 10 rings (SSSR count). The van der Waals surface area contributed by atoms with Gasteiger partial charge in [0.1, 0.15) is 36.6 Å². The van der Waals surface area contributed by atoms with Crippen molar-refractivity contribution in [3.63, 3.8) is 0 Å². The molecule has 0 aliphatic carbocycles. The minimum Gasteiger partial charge on any atom is -0.387 e. The summed E-state index contributed by atoms with van der Waals surface area (Å²) in [7, 11) is -9.59. The van der Waals surface area contributed by atoms with Gasteiger partial charge in [0, 0.05) is 34.4 Å². The second-order valence-electron chi connectivity index (χ2n) is 16.7. The van der Waals surface area contributed by atoms with Gasteiger partial charge in [-0.2, -0.15) is 4.98 Å². The highest BCUT2D eigenvalue weighted by Gasteiger charge is 2.48. The van der Waals surface area contributed by atoms with Crippen LogP contribution < -0.4 is 27.2 Å².